The normalized spacial score (nSPS) is 11.6. The molecule has 0 bridgehead atoms. The predicted molar refractivity (Wildman–Crippen MR) is 84.0 cm³/mol. The van der Waals surface area contributed by atoms with Gasteiger partial charge in [0, 0.05) is 26.1 Å². The number of guanidine groups is 1. The maximum Gasteiger partial charge on any atom is 0.188 e. The van der Waals surface area contributed by atoms with Gasteiger partial charge in [-0.25, -0.2) is 0 Å². The summed E-state index contributed by atoms with van der Waals surface area (Å²) in [5.41, 5.74) is 7.12. The smallest absolute Gasteiger partial charge is 0.188 e. The molecule has 0 saturated carbocycles. The Balaban J connectivity index is 1.69. The molecular formula is C15H22N6. The van der Waals surface area contributed by atoms with Crippen LogP contribution in [0.2, 0.25) is 0 Å². The van der Waals surface area contributed by atoms with Gasteiger partial charge in [0.2, 0.25) is 0 Å². The molecule has 1 heterocycles. The predicted octanol–water partition coefficient (Wildman–Crippen LogP) is 0.988. The van der Waals surface area contributed by atoms with E-state index in [9.17, 15) is 0 Å². The Morgan fingerprint density at radius 3 is 2.90 bits per heavy atom. The highest BCUT2D eigenvalue weighted by Crippen LogP contribution is 1.99. The molecule has 2 aromatic rings. The van der Waals surface area contributed by atoms with Gasteiger partial charge in [-0.1, -0.05) is 37.3 Å². The molecule has 0 radical (unpaired) electrons. The van der Waals surface area contributed by atoms with Gasteiger partial charge in [-0.05, 0) is 12.0 Å². The first-order valence-corrected chi connectivity index (χ1v) is 7.24. The molecule has 0 aliphatic carbocycles. The van der Waals surface area contributed by atoms with Crippen molar-refractivity contribution in [3.8, 4) is 0 Å². The van der Waals surface area contributed by atoms with Gasteiger partial charge >= 0.3 is 0 Å². The second kappa shape index (κ2) is 8.04. The van der Waals surface area contributed by atoms with Crippen molar-refractivity contribution in [3.05, 3.63) is 48.0 Å². The minimum Gasteiger partial charge on any atom is -0.370 e. The summed E-state index contributed by atoms with van der Waals surface area (Å²) in [5.74, 6) is 1.47. The molecule has 0 amide bonds. The third-order valence-electron chi connectivity index (χ3n) is 3.20. The van der Waals surface area contributed by atoms with Crippen molar-refractivity contribution in [3.63, 3.8) is 0 Å². The number of benzene rings is 1. The van der Waals surface area contributed by atoms with Crippen molar-refractivity contribution in [2.75, 3.05) is 13.1 Å². The van der Waals surface area contributed by atoms with E-state index < -0.39 is 0 Å². The number of aryl methyl sites for hydroxylation is 1. The summed E-state index contributed by atoms with van der Waals surface area (Å²) >= 11 is 0. The maximum atomic E-state index is 5.85. The van der Waals surface area contributed by atoms with Gasteiger partial charge in [0.25, 0.3) is 0 Å². The Morgan fingerprint density at radius 1 is 1.33 bits per heavy atom. The summed E-state index contributed by atoms with van der Waals surface area (Å²) < 4.78 is 2.02. The zero-order valence-corrected chi connectivity index (χ0v) is 12.4. The molecule has 21 heavy (non-hydrogen) atoms. The van der Waals surface area contributed by atoms with E-state index in [0.717, 1.165) is 25.2 Å². The number of hydrogen-bond donors (Lipinski definition) is 2. The van der Waals surface area contributed by atoms with E-state index in [1.165, 1.54) is 5.56 Å². The fraction of sp³-hybridized carbons (Fsp3) is 0.400. The van der Waals surface area contributed by atoms with Crippen LogP contribution in [0.1, 0.15) is 18.3 Å². The van der Waals surface area contributed by atoms with Crippen LogP contribution in [-0.2, 0) is 19.4 Å². The molecule has 1 aromatic carbocycles. The summed E-state index contributed by atoms with van der Waals surface area (Å²) in [7, 11) is 0. The molecule has 2 rings (SSSR count). The molecule has 6 nitrogen and oxygen atoms in total. The van der Waals surface area contributed by atoms with Gasteiger partial charge in [0.1, 0.15) is 12.2 Å². The Labute approximate surface area is 125 Å². The molecule has 1 aromatic heterocycles. The number of nitrogens with zero attached hydrogens (tertiary/aromatic N) is 4. The average molecular weight is 286 g/mol. The van der Waals surface area contributed by atoms with Crippen LogP contribution >= 0.6 is 0 Å². The molecule has 0 spiro atoms. The monoisotopic (exact) mass is 286 g/mol. The number of nitrogens with two attached hydrogens (primary N) is 1. The van der Waals surface area contributed by atoms with Crippen LogP contribution in [0.25, 0.3) is 0 Å². The van der Waals surface area contributed by atoms with E-state index in [1.54, 1.807) is 6.33 Å². The molecule has 0 aliphatic rings. The summed E-state index contributed by atoms with van der Waals surface area (Å²) in [6.07, 6.45) is 3.51. The van der Waals surface area contributed by atoms with Crippen LogP contribution in [0.3, 0.4) is 0 Å². The second-order valence-electron chi connectivity index (χ2n) is 4.72. The Bertz CT molecular complexity index is 561. The lowest BCUT2D eigenvalue weighted by molar-refractivity contribution is 0.638. The molecule has 0 saturated heterocycles. The topological polar surface area (TPSA) is 81.1 Å². The number of aliphatic imine (C=N–C) groups is 1. The van der Waals surface area contributed by atoms with Crippen LogP contribution in [0.4, 0.5) is 0 Å². The Hall–Kier alpha value is -2.37. The van der Waals surface area contributed by atoms with Crippen molar-refractivity contribution >= 4 is 5.96 Å². The van der Waals surface area contributed by atoms with Gasteiger partial charge in [-0.15, -0.1) is 10.2 Å². The number of aromatic nitrogens is 3. The first-order chi connectivity index (χ1) is 10.3. The van der Waals surface area contributed by atoms with Crippen molar-refractivity contribution < 1.29 is 0 Å². The van der Waals surface area contributed by atoms with Gasteiger partial charge < -0.3 is 15.6 Å². The SMILES string of the molecule is CCc1nncn1CCNC(N)=NCCc1ccccc1. The molecular weight excluding hydrogens is 264 g/mol. The van der Waals surface area contributed by atoms with Gasteiger partial charge in [-0.2, -0.15) is 0 Å². The van der Waals surface area contributed by atoms with Crippen LogP contribution in [0.5, 0.6) is 0 Å². The van der Waals surface area contributed by atoms with Crippen molar-refractivity contribution in [2.45, 2.75) is 26.3 Å². The van der Waals surface area contributed by atoms with Crippen LogP contribution in [-0.4, -0.2) is 33.8 Å². The quantitative estimate of drug-likeness (QED) is 0.587. The molecule has 6 heteroatoms. The molecule has 0 fully saturated rings. The highest BCUT2D eigenvalue weighted by Gasteiger charge is 2.00. The fourth-order valence-electron chi connectivity index (χ4n) is 2.05. The van der Waals surface area contributed by atoms with Crippen molar-refractivity contribution in [1.82, 2.24) is 20.1 Å². The third kappa shape index (κ3) is 4.91. The second-order valence-corrected chi connectivity index (χ2v) is 4.72. The molecule has 112 valence electrons. The fourth-order valence-corrected chi connectivity index (χ4v) is 2.05. The first kappa shape index (κ1) is 15.0. The third-order valence-corrected chi connectivity index (χ3v) is 3.20. The van der Waals surface area contributed by atoms with Gasteiger partial charge in [0.15, 0.2) is 5.96 Å². The van der Waals surface area contributed by atoms with Crippen LogP contribution < -0.4 is 11.1 Å². The first-order valence-electron chi connectivity index (χ1n) is 7.24. The van der Waals surface area contributed by atoms with Crippen LogP contribution in [0, 0.1) is 0 Å². The standard InChI is InChI=1S/C15H22N6/c1-2-14-20-19-12-21(14)11-10-18-15(16)17-9-8-13-6-4-3-5-7-13/h3-7,12H,2,8-11H2,1H3,(H3,16,17,18). The largest absolute Gasteiger partial charge is 0.370 e. The number of hydrogen-bond acceptors (Lipinski definition) is 3. The Kier molecular flexibility index (Phi) is 5.75. The lowest BCUT2D eigenvalue weighted by Gasteiger charge is -2.07. The van der Waals surface area contributed by atoms with E-state index in [4.69, 9.17) is 5.73 Å². The van der Waals surface area contributed by atoms with E-state index in [0.29, 0.717) is 19.0 Å². The highest BCUT2D eigenvalue weighted by molar-refractivity contribution is 5.77. The summed E-state index contributed by atoms with van der Waals surface area (Å²) in [6.45, 7) is 4.25. The molecule has 0 aliphatic heterocycles. The van der Waals surface area contributed by atoms with Gasteiger partial charge in [0.05, 0.1) is 0 Å². The lowest BCUT2D eigenvalue weighted by atomic mass is 10.2. The summed E-state index contributed by atoms with van der Waals surface area (Å²) in [4.78, 5) is 4.32. The number of nitrogens with one attached hydrogen (secondary N) is 1. The zero-order valence-electron chi connectivity index (χ0n) is 12.4. The van der Waals surface area contributed by atoms with E-state index in [2.05, 4.69) is 39.6 Å². The summed E-state index contributed by atoms with van der Waals surface area (Å²) in [6, 6.07) is 10.3. The minimum atomic E-state index is 0.483. The van der Waals surface area contributed by atoms with E-state index in [-0.39, 0.29) is 0 Å². The molecule has 0 atom stereocenters. The lowest BCUT2D eigenvalue weighted by Crippen LogP contribution is -2.34. The highest BCUT2D eigenvalue weighted by atomic mass is 15.3. The number of rotatable bonds is 7. The summed E-state index contributed by atoms with van der Waals surface area (Å²) in [5, 5.41) is 11.0. The minimum absolute atomic E-state index is 0.483. The zero-order chi connectivity index (χ0) is 14.9. The van der Waals surface area contributed by atoms with Crippen molar-refractivity contribution in [1.29, 1.82) is 0 Å². The average Bonchev–Trinajstić information content (AvgIpc) is 2.96. The molecule has 3 N–H and O–H groups in total. The maximum absolute atomic E-state index is 5.85. The van der Waals surface area contributed by atoms with E-state index in [1.807, 2.05) is 22.8 Å². The van der Waals surface area contributed by atoms with E-state index >= 15 is 0 Å². The molecule has 0 unspecified atom stereocenters. The van der Waals surface area contributed by atoms with Gasteiger partial charge in [-0.3, -0.25) is 4.99 Å². The Morgan fingerprint density at radius 2 is 2.14 bits per heavy atom. The van der Waals surface area contributed by atoms with Crippen molar-refractivity contribution in [2.24, 2.45) is 10.7 Å². The van der Waals surface area contributed by atoms with Crippen LogP contribution in [0.15, 0.2) is 41.7 Å².